The van der Waals surface area contributed by atoms with Crippen LogP contribution in [0.2, 0.25) is 0 Å². The van der Waals surface area contributed by atoms with E-state index in [0.717, 1.165) is 5.71 Å². The largest absolute Gasteiger partial charge is 0.353 e. The Morgan fingerprint density at radius 3 is 2.88 bits per heavy atom. The highest BCUT2D eigenvalue weighted by atomic mass is 32.1. The van der Waals surface area contributed by atoms with Crippen molar-refractivity contribution in [1.82, 2.24) is 0 Å². The van der Waals surface area contributed by atoms with Gasteiger partial charge in [-0.1, -0.05) is 0 Å². The summed E-state index contributed by atoms with van der Waals surface area (Å²) in [5.74, 6) is 0. The lowest BCUT2D eigenvalue weighted by atomic mass is 10.3. The molecule has 1 heterocycles. The highest BCUT2D eigenvalue weighted by Gasteiger charge is 2.09. The number of hydrogen-bond donors (Lipinski definition) is 1. The summed E-state index contributed by atoms with van der Waals surface area (Å²) in [5, 5.41) is 0.262. The third-order valence-electron chi connectivity index (χ3n) is 1.09. The minimum atomic E-state index is 0.262. The van der Waals surface area contributed by atoms with Gasteiger partial charge in [-0.2, -0.15) is 12.6 Å². The molecule has 3 heteroatoms. The van der Waals surface area contributed by atoms with E-state index in [0.29, 0.717) is 13.3 Å². The summed E-state index contributed by atoms with van der Waals surface area (Å²) in [7, 11) is 0. The predicted octanol–water partition coefficient (Wildman–Crippen LogP) is 0.733. The topological polar surface area (TPSA) is 21.6 Å². The van der Waals surface area contributed by atoms with E-state index in [-0.39, 0.29) is 5.25 Å². The molecule has 1 aliphatic heterocycles. The van der Waals surface area contributed by atoms with Crippen molar-refractivity contribution in [2.24, 2.45) is 4.99 Å². The van der Waals surface area contributed by atoms with Gasteiger partial charge < -0.3 is 4.74 Å². The number of thiol groups is 1. The van der Waals surface area contributed by atoms with Crippen molar-refractivity contribution in [2.75, 3.05) is 13.3 Å². The van der Waals surface area contributed by atoms with Gasteiger partial charge in [-0.05, 0) is 6.92 Å². The van der Waals surface area contributed by atoms with Gasteiger partial charge in [0.25, 0.3) is 0 Å². The first-order valence-corrected chi connectivity index (χ1v) is 3.11. The van der Waals surface area contributed by atoms with E-state index in [1.165, 1.54) is 0 Å². The number of aliphatic imine (C=N–C) groups is 1. The average Bonchev–Trinajstić information content (AvgIpc) is 2.12. The second kappa shape index (κ2) is 2.51. The lowest BCUT2D eigenvalue weighted by molar-refractivity contribution is 0.202. The first-order valence-electron chi connectivity index (χ1n) is 2.59. The van der Waals surface area contributed by atoms with Crippen LogP contribution in [0.4, 0.5) is 0 Å². The molecular weight excluding hydrogens is 122 g/mol. The molecule has 0 fully saturated rings. The summed E-state index contributed by atoms with van der Waals surface area (Å²) in [6.45, 7) is 3.20. The Kier molecular flexibility index (Phi) is 1.91. The van der Waals surface area contributed by atoms with Gasteiger partial charge >= 0.3 is 0 Å². The molecule has 0 saturated carbocycles. The summed E-state index contributed by atoms with van der Waals surface area (Å²) >= 11 is 4.18. The van der Waals surface area contributed by atoms with Crippen molar-refractivity contribution in [1.29, 1.82) is 0 Å². The summed E-state index contributed by atoms with van der Waals surface area (Å²) in [5.41, 5.74) is 1.06. The summed E-state index contributed by atoms with van der Waals surface area (Å²) in [4.78, 5) is 4.05. The predicted molar refractivity (Wildman–Crippen MR) is 36.7 cm³/mol. The Bertz CT molecular complexity index is 111. The molecular formula is C5H9NOS. The minimum Gasteiger partial charge on any atom is -0.353 e. The SMILES string of the molecule is CC(S)C1=NCOC1. The van der Waals surface area contributed by atoms with Gasteiger partial charge in [-0.15, -0.1) is 0 Å². The standard InChI is InChI=1S/C5H9NOS/c1-4(8)5-2-7-3-6-5/h4,8H,2-3H2,1H3. The molecule has 0 radical (unpaired) electrons. The quantitative estimate of drug-likeness (QED) is 0.521. The number of nitrogens with zero attached hydrogens (tertiary/aromatic N) is 1. The van der Waals surface area contributed by atoms with Gasteiger partial charge in [0, 0.05) is 5.25 Å². The molecule has 0 amide bonds. The van der Waals surface area contributed by atoms with Crippen molar-refractivity contribution in [3.05, 3.63) is 0 Å². The van der Waals surface area contributed by atoms with E-state index in [4.69, 9.17) is 4.74 Å². The fourth-order valence-corrected chi connectivity index (χ4v) is 0.733. The van der Waals surface area contributed by atoms with Crippen LogP contribution >= 0.6 is 12.6 Å². The molecule has 1 aliphatic rings. The molecule has 2 nitrogen and oxygen atoms in total. The van der Waals surface area contributed by atoms with E-state index in [9.17, 15) is 0 Å². The summed E-state index contributed by atoms with van der Waals surface area (Å²) in [6.07, 6.45) is 0. The van der Waals surface area contributed by atoms with Gasteiger partial charge in [-0.3, -0.25) is 4.99 Å². The normalized spacial score (nSPS) is 23.0. The summed E-state index contributed by atoms with van der Waals surface area (Å²) in [6, 6.07) is 0. The van der Waals surface area contributed by atoms with E-state index >= 15 is 0 Å². The Morgan fingerprint density at radius 1 is 1.88 bits per heavy atom. The second-order valence-electron chi connectivity index (χ2n) is 1.80. The van der Waals surface area contributed by atoms with Crippen molar-refractivity contribution in [3.8, 4) is 0 Å². The van der Waals surface area contributed by atoms with Crippen LogP contribution in [0, 0.1) is 0 Å². The molecule has 0 saturated heterocycles. The fourth-order valence-electron chi connectivity index (χ4n) is 0.577. The zero-order valence-corrected chi connectivity index (χ0v) is 5.69. The van der Waals surface area contributed by atoms with Crippen LogP contribution in [-0.2, 0) is 4.74 Å². The van der Waals surface area contributed by atoms with E-state index in [1.54, 1.807) is 0 Å². The Labute approximate surface area is 54.4 Å². The smallest absolute Gasteiger partial charge is 0.138 e. The van der Waals surface area contributed by atoms with Crippen LogP contribution in [0.25, 0.3) is 0 Å². The van der Waals surface area contributed by atoms with Crippen LogP contribution < -0.4 is 0 Å². The third-order valence-corrected chi connectivity index (χ3v) is 1.39. The average molecular weight is 131 g/mol. The van der Waals surface area contributed by atoms with Crippen molar-refractivity contribution in [3.63, 3.8) is 0 Å². The first kappa shape index (κ1) is 6.11. The number of rotatable bonds is 1. The minimum absolute atomic E-state index is 0.262. The van der Waals surface area contributed by atoms with Gasteiger partial charge in [0.2, 0.25) is 0 Å². The fraction of sp³-hybridized carbons (Fsp3) is 0.800. The van der Waals surface area contributed by atoms with Gasteiger partial charge in [-0.25, -0.2) is 0 Å². The molecule has 0 N–H and O–H groups in total. The molecule has 8 heavy (non-hydrogen) atoms. The third kappa shape index (κ3) is 1.23. The molecule has 1 unspecified atom stereocenters. The second-order valence-corrected chi connectivity index (χ2v) is 2.58. The van der Waals surface area contributed by atoms with Gasteiger partial charge in [0.05, 0.1) is 12.3 Å². The van der Waals surface area contributed by atoms with E-state index < -0.39 is 0 Å². The lowest BCUT2D eigenvalue weighted by Gasteiger charge is -1.98. The van der Waals surface area contributed by atoms with Gasteiger partial charge in [0.15, 0.2) is 0 Å². The number of ether oxygens (including phenoxy) is 1. The molecule has 0 aromatic carbocycles. The summed E-state index contributed by atoms with van der Waals surface area (Å²) < 4.78 is 4.97. The van der Waals surface area contributed by atoms with Crippen LogP contribution in [0.1, 0.15) is 6.92 Å². The lowest BCUT2D eigenvalue weighted by Crippen LogP contribution is -2.11. The first-order chi connectivity index (χ1) is 3.80. The van der Waals surface area contributed by atoms with Crippen LogP contribution in [-0.4, -0.2) is 24.3 Å². The maximum absolute atomic E-state index is 4.97. The van der Waals surface area contributed by atoms with Crippen LogP contribution in [0.3, 0.4) is 0 Å². The Hall–Kier alpha value is -0.0200. The Balaban J connectivity index is 2.45. The highest BCUT2D eigenvalue weighted by molar-refractivity contribution is 7.81. The van der Waals surface area contributed by atoms with Crippen LogP contribution in [0.5, 0.6) is 0 Å². The molecule has 0 aromatic rings. The maximum atomic E-state index is 4.97. The maximum Gasteiger partial charge on any atom is 0.138 e. The van der Waals surface area contributed by atoms with E-state index in [2.05, 4.69) is 17.6 Å². The van der Waals surface area contributed by atoms with Crippen LogP contribution in [0.15, 0.2) is 4.99 Å². The Morgan fingerprint density at radius 2 is 2.62 bits per heavy atom. The number of hydrogen-bond acceptors (Lipinski definition) is 3. The molecule has 1 rings (SSSR count). The molecule has 0 spiro atoms. The molecule has 0 bridgehead atoms. The van der Waals surface area contributed by atoms with Crippen molar-refractivity contribution < 1.29 is 4.74 Å². The zero-order chi connectivity index (χ0) is 5.98. The van der Waals surface area contributed by atoms with Gasteiger partial charge in [0.1, 0.15) is 6.73 Å². The highest BCUT2D eigenvalue weighted by Crippen LogP contribution is 2.02. The van der Waals surface area contributed by atoms with Crippen molar-refractivity contribution >= 4 is 18.3 Å². The molecule has 1 atom stereocenters. The van der Waals surface area contributed by atoms with Crippen molar-refractivity contribution in [2.45, 2.75) is 12.2 Å². The molecule has 0 aliphatic carbocycles. The monoisotopic (exact) mass is 131 g/mol. The van der Waals surface area contributed by atoms with E-state index in [1.807, 2.05) is 6.92 Å². The molecule has 0 aromatic heterocycles. The zero-order valence-electron chi connectivity index (χ0n) is 4.79. The molecule has 46 valence electrons.